The highest BCUT2D eigenvalue weighted by Gasteiger charge is 2.21. The van der Waals surface area contributed by atoms with E-state index in [1.54, 1.807) is 17.1 Å². The summed E-state index contributed by atoms with van der Waals surface area (Å²) in [6.45, 7) is 6.25. The molecule has 6 heteroatoms. The second kappa shape index (κ2) is 6.76. The lowest BCUT2D eigenvalue weighted by molar-refractivity contribution is 0.262. The van der Waals surface area contributed by atoms with Gasteiger partial charge in [0.2, 0.25) is 0 Å². The van der Waals surface area contributed by atoms with Crippen LogP contribution >= 0.6 is 0 Å². The van der Waals surface area contributed by atoms with E-state index in [0.29, 0.717) is 5.82 Å². The minimum absolute atomic E-state index is 0.134. The summed E-state index contributed by atoms with van der Waals surface area (Å²) in [5.74, 6) is 0.601. The van der Waals surface area contributed by atoms with Gasteiger partial charge in [0.1, 0.15) is 5.82 Å². The molecular formula is C19H21N5O. The molecule has 0 bridgehead atoms. The molecule has 2 N–H and O–H groups in total. The van der Waals surface area contributed by atoms with Crippen LogP contribution in [0, 0.1) is 0 Å². The third-order valence-corrected chi connectivity index (χ3v) is 3.66. The van der Waals surface area contributed by atoms with Gasteiger partial charge in [0, 0.05) is 29.6 Å². The molecule has 0 saturated carbocycles. The summed E-state index contributed by atoms with van der Waals surface area (Å²) in [5.41, 5.74) is 2.32. The Hall–Kier alpha value is -3.15. The number of aromatic nitrogens is 3. The summed E-state index contributed by atoms with van der Waals surface area (Å²) in [4.78, 5) is 16.4. The maximum absolute atomic E-state index is 12.3. The normalized spacial score (nSPS) is 11.2. The van der Waals surface area contributed by atoms with Crippen molar-refractivity contribution in [3.8, 4) is 5.69 Å². The smallest absolute Gasteiger partial charge is 0.308 e. The monoisotopic (exact) mass is 335 g/mol. The number of carbonyl (C=O) groups is 1. The van der Waals surface area contributed by atoms with E-state index >= 15 is 0 Å². The molecule has 0 spiro atoms. The van der Waals surface area contributed by atoms with Gasteiger partial charge in [0.15, 0.2) is 0 Å². The molecule has 0 fully saturated rings. The fraction of sp³-hybridized carbons (Fsp3) is 0.211. The topological polar surface area (TPSA) is 71.8 Å². The fourth-order valence-electron chi connectivity index (χ4n) is 2.32. The van der Waals surface area contributed by atoms with Gasteiger partial charge < -0.3 is 5.32 Å². The SMILES string of the molecule is CC(C)(C)c1cc(NC(=O)Nc2ccccc2)n(-c2ccncc2)n1. The second-order valence-corrected chi connectivity index (χ2v) is 6.73. The molecule has 0 aliphatic heterocycles. The molecule has 25 heavy (non-hydrogen) atoms. The lowest BCUT2D eigenvalue weighted by Crippen LogP contribution is -2.21. The van der Waals surface area contributed by atoms with Crippen molar-refractivity contribution >= 4 is 17.5 Å². The molecule has 2 aromatic heterocycles. The van der Waals surface area contributed by atoms with Crippen molar-refractivity contribution in [1.82, 2.24) is 14.8 Å². The zero-order valence-corrected chi connectivity index (χ0v) is 14.5. The maximum Gasteiger partial charge on any atom is 0.324 e. The van der Waals surface area contributed by atoms with Gasteiger partial charge in [0.25, 0.3) is 0 Å². The molecular weight excluding hydrogens is 314 g/mol. The average molecular weight is 335 g/mol. The first-order valence-corrected chi connectivity index (χ1v) is 8.07. The van der Waals surface area contributed by atoms with Crippen LogP contribution in [0.3, 0.4) is 0 Å². The molecule has 2 heterocycles. The van der Waals surface area contributed by atoms with E-state index in [1.165, 1.54) is 0 Å². The summed E-state index contributed by atoms with van der Waals surface area (Å²) < 4.78 is 1.72. The van der Waals surface area contributed by atoms with Crippen LogP contribution in [0.1, 0.15) is 26.5 Å². The highest BCUT2D eigenvalue weighted by Crippen LogP contribution is 2.26. The number of rotatable bonds is 3. The van der Waals surface area contributed by atoms with Crippen molar-refractivity contribution in [1.29, 1.82) is 0 Å². The number of nitrogens with one attached hydrogen (secondary N) is 2. The molecule has 0 atom stereocenters. The van der Waals surface area contributed by atoms with Crippen molar-refractivity contribution in [3.63, 3.8) is 0 Å². The zero-order valence-electron chi connectivity index (χ0n) is 14.5. The van der Waals surface area contributed by atoms with Gasteiger partial charge in [-0.2, -0.15) is 5.10 Å². The molecule has 1 aromatic carbocycles. The Kier molecular flexibility index (Phi) is 4.52. The highest BCUT2D eigenvalue weighted by molar-refractivity contribution is 5.99. The van der Waals surface area contributed by atoms with Crippen LogP contribution in [0.25, 0.3) is 5.69 Å². The Bertz CT molecular complexity index is 851. The predicted molar refractivity (Wildman–Crippen MR) is 99.1 cm³/mol. The zero-order chi connectivity index (χ0) is 17.9. The third kappa shape index (κ3) is 4.03. The van der Waals surface area contributed by atoms with E-state index < -0.39 is 0 Å². The van der Waals surface area contributed by atoms with Gasteiger partial charge in [-0.1, -0.05) is 39.0 Å². The van der Waals surface area contributed by atoms with Crippen LogP contribution in [0.15, 0.2) is 60.9 Å². The van der Waals surface area contributed by atoms with Gasteiger partial charge in [-0.25, -0.2) is 9.48 Å². The number of amides is 2. The Morgan fingerprint density at radius 2 is 1.68 bits per heavy atom. The lowest BCUT2D eigenvalue weighted by atomic mass is 9.92. The number of carbonyl (C=O) groups excluding carboxylic acids is 1. The first-order valence-electron chi connectivity index (χ1n) is 8.07. The van der Waals surface area contributed by atoms with E-state index in [2.05, 4.69) is 41.5 Å². The molecule has 0 saturated heterocycles. The summed E-state index contributed by atoms with van der Waals surface area (Å²) >= 11 is 0. The molecule has 2 amide bonds. The third-order valence-electron chi connectivity index (χ3n) is 3.66. The molecule has 6 nitrogen and oxygen atoms in total. The van der Waals surface area contributed by atoms with Crippen LogP contribution in [0.4, 0.5) is 16.3 Å². The van der Waals surface area contributed by atoms with E-state index in [9.17, 15) is 4.79 Å². The number of anilines is 2. The molecule has 0 aliphatic carbocycles. The molecule has 3 aromatic rings. The van der Waals surface area contributed by atoms with Crippen molar-refractivity contribution in [2.75, 3.05) is 10.6 Å². The number of hydrogen-bond donors (Lipinski definition) is 2. The predicted octanol–water partition coefficient (Wildman–Crippen LogP) is 4.21. The minimum atomic E-state index is -0.318. The number of pyridine rings is 1. The first kappa shape index (κ1) is 16.7. The van der Waals surface area contributed by atoms with Crippen LogP contribution in [0.5, 0.6) is 0 Å². The minimum Gasteiger partial charge on any atom is -0.308 e. The first-order chi connectivity index (χ1) is 11.9. The number of benzene rings is 1. The van der Waals surface area contributed by atoms with Gasteiger partial charge in [-0.15, -0.1) is 0 Å². The van der Waals surface area contributed by atoms with E-state index in [4.69, 9.17) is 0 Å². The van der Waals surface area contributed by atoms with Gasteiger partial charge in [-0.3, -0.25) is 10.3 Å². The van der Waals surface area contributed by atoms with Gasteiger partial charge in [0.05, 0.1) is 11.4 Å². The standard InChI is InChI=1S/C19H21N5O/c1-19(2,3)16-13-17(24(23-16)15-9-11-20-12-10-15)22-18(25)21-14-7-5-4-6-8-14/h4-13H,1-3H3,(H2,21,22,25). The Morgan fingerprint density at radius 1 is 1.00 bits per heavy atom. The molecule has 0 aliphatic rings. The van der Waals surface area contributed by atoms with E-state index in [0.717, 1.165) is 17.1 Å². The number of hydrogen-bond acceptors (Lipinski definition) is 3. The van der Waals surface area contributed by atoms with Crippen LogP contribution in [0.2, 0.25) is 0 Å². The lowest BCUT2D eigenvalue weighted by Gasteiger charge is -2.14. The Labute approximate surface area is 146 Å². The number of urea groups is 1. The van der Waals surface area contributed by atoms with Crippen molar-refractivity contribution in [2.45, 2.75) is 26.2 Å². The molecule has 0 radical (unpaired) electrons. The fourth-order valence-corrected chi connectivity index (χ4v) is 2.32. The van der Waals surface area contributed by atoms with Crippen molar-refractivity contribution < 1.29 is 4.79 Å². The quantitative estimate of drug-likeness (QED) is 0.753. The van der Waals surface area contributed by atoms with Crippen LogP contribution in [-0.2, 0) is 5.41 Å². The summed E-state index contributed by atoms with van der Waals surface area (Å²) in [5, 5.41) is 10.4. The molecule has 128 valence electrons. The van der Waals surface area contributed by atoms with Crippen molar-refractivity contribution in [3.05, 3.63) is 66.6 Å². The van der Waals surface area contributed by atoms with Crippen LogP contribution in [-0.4, -0.2) is 20.8 Å². The van der Waals surface area contributed by atoms with Crippen molar-refractivity contribution in [2.24, 2.45) is 0 Å². The van der Waals surface area contributed by atoms with E-state index in [-0.39, 0.29) is 11.4 Å². The van der Waals surface area contributed by atoms with Crippen LogP contribution < -0.4 is 10.6 Å². The Balaban J connectivity index is 1.89. The average Bonchev–Trinajstić information content (AvgIpc) is 3.00. The molecule has 3 rings (SSSR count). The summed E-state index contributed by atoms with van der Waals surface area (Å²) in [6, 6.07) is 14.6. The van der Waals surface area contributed by atoms with Gasteiger partial charge in [-0.05, 0) is 24.3 Å². The number of nitrogens with zero attached hydrogens (tertiary/aromatic N) is 3. The summed E-state index contributed by atoms with van der Waals surface area (Å²) in [6.07, 6.45) is 3.39. The summed E-state index contributed by atoms with van der Waals surface area (Å²) in [7, 11) is 0. The maximum atomic E-state index is 12.3. The van der Waals surface area contributed by atoms with Gasteiger partial charge >= 0.3 is 6.03 Å². The second-order valence-electron chi connectivity index (χ2n) is 6.73. The highest BCUT2D eigenvalue weighted by atomic mass is 16.2. The number of para-hydroxylation sites is 1. The van der Waals surface area contributed by atoms with E-state index in [1.807, 2.05) is 48.5 Å². The largest absolute Gasteiger partial charge is 0.324 e. The molecule has 0 unspecified atom stereocenters. The Morgan fingerprint density at radius 3 is 2.32 bits per heavy atom.